The molecule has 1 atom stereocenters. The van der Waals surface area contributed by atoms with E-state index in [1.165, 1.54) is 26.2 Å². The lowest BCUT2D eigenvalue weighted by Crippen LogP contribution is -2.41. The second-order valence-electron chi connectivity index (χ2n) is 5.35. The van der Waals surface area contributed by atoms with Crippen molar-refractivity contribution in [2.75, 3.05) is 7.11 Å². The van der Waals surface area contributed by atoms with E-state index >= 15 is 0 Å². The van der Waals surface area contributed by atoms with Gasteiger partial charge in [-0.05, 0) is 31.4 Å². The van der Waals surface area contributed by atoms with Gasteiger partial charge in [-0.25, -0.2) is 12.8 Å². The second kappa shape index (κ2) is 7.06. The smallest absolute Gasteiger partial charge is 0.321 e. The molecule has 0 aromatic heterocycles. The first-order valence-electron chi connectivity index (χ1n) is 6.68. The first-order chi connectivity index (χ1) is 10.1. The molecule has 1 unspecified atom stereocenters. The Balaban J connectivity index is 3.19. The maximum absolute atomic E-state index is 14.0. The summed E-state index contributed by atoms with van der Waals surface area (Å²) >= 11 is 0. The van der Waals surface area contributed by atoms with E-state index in [2.05, 4.69) is 4.72 Å². The lowest BCUT2D eigenvalue weighted by atomic mass is 10.1. The van der Waals surface area contributed by atoms with E-state index in [1.54, 1.807) is 13.8 Å². The molecular formula is C14H20FNO5S. The van der Waals surface area contributed by atoms with E-state index in [0.29, 0.717) is 0 Å². The van der Waals surface area contributed by atoms with Gasteiger partial charge in [0.2, 0.25) is 10.0 Å². The summed E-state index contributed by atoms with van der Waals surface area (Å²) in [5.41, 5.74) is -0.125. The lowest BCUT2D eigenvalue weighted by molar-refractivity contribution is -0.139. The molecule has 0 bridgehead atoms. The van der Waals surface area contributed by atoms with Gasteiger partial charge in [0.1, 0.15) is 6.04 Å². The van der Waals surface area contributed by atoms with Gasteiger partial charge in [-0.3, -0.25) is 4.79 Å². The Labute approximate surface area is 129 Å². The van der Waals surface area contributed by atoms with Gasteiger partial charge in [-0.1, -0.05) is 13.8 Å². The number of carbonyl (C=O) groups is 1. The number of hydrogen-bond donors (Lipinski definition) is 2. The van der Waals surface area contributed by atoms with Crippen LogP contribution in [0.1, 0.15) is 25.8 Å². The second-order valence-corrected chi connectivity index (χ2v) is 7.03. The molecule has 6 nitrogen and oxygen atoms in total. The molecule has 22 heavy (non-hydrogen) atoms. The molecular weight excluding hydrogens is 313 g/mol. The summed E-state index contributed by atoms with van der Waals surface area (Å²) in [7, 11) is -2.88. The molecule has 0 saturated heterocycles. The zero-order valence-corrected chi connectivity index (χ0v) is 13.7. The van der Waals surface area contributed by atoms with Crippen LogP contribution >= 0.6 is 0 Å². The van der Waals surface area contributed by atoms with Crippen molar-refractivity contribution in [1.29, 1.82) is 0 Å². The number of carboxylic acid groups (broad SMARTS) is 1. The molecule has 0 heterocycles. The minimum Gasteiger partial charge on any atom is -0.494 e. The number of sulfonamides is 1. The lowest BCUT2D eigenvalue weighted by Gasteiger charge is -2.18. The molecule has 2 N–H and O–H groups in total. The van der Waals surface area contributed by atoms with Gasteiger partial charge in [-0.2, -0.15) is 4.72 Å². The molecule has 0 aliphatic heterocycles. The standard InChI is InChI=1S/C14H20FNO5S/c1-8(2)7-10(14(17)18)16-22(19,20)12-6-5-11(21-4)13(15)9(12)3/h5-6,8,10,16H,7H2,1-4H3,(H,17,18). The molecule has 0 saturated carbocycles. The van der Waals surface area contributed by atoms with E-state index in [9.17, 15) is 17.6 Å². The summed E-state index contributed by atoms with van der Waals surface area (Å²) < 4.78 is 45.5. The Bertz CT molecular complexity index is 657. The van der Waals surface area contributed by atoms with Crippen molar-refractivity contribution in [2.45, 2.75) is 38.1 Å². The molecule has 1 rings (SSSR count). The Morgan fingerprint density at radius 2 is 2.00 bits per heavy atom. The van der Waals surface area contributed by atoms with Crippen LogP contribution in [0.2, 0.25) is 0 Å². The number of hydrogen-bond acceptors (Lipinski definition) is 4. The fraction of sp³-hybridized carbons (Fsp3) is 0.500. The number of ether oxygens (including phenoxy) is 1. The molecule has 124 valence electrons. The van der Waals surface area contributed by atoms with E-state index in [-0.39, 0.29) is 28.5 Å². The zero-order chi connectivity index (χ0) is 17.1. The highest BCUT2D eigenvalue weighted by Gasteiger charge is 2.28. The largest absolute Gasteiger partial charge is 0.494 e. The Morgan fingerprint density at radius 3 is 2.45 bits per heavy atom. The zero-order valence-electron chi connectivity index (χ0n) is 12.9. The average Bonchev–Trinajstić information content (AvgIpc) is 2.39. The maximum Gasteiger partial charge on any atom is 0.321 e. The number of halogens is 1. The van der Waals surface area contributed by atoms with Gasteiger partial charge in [-0.15, -0.1) is 0 Å². The molecule has 0 radical (unpaired) electrons. The fourth-order valence-electron chi connectivity index (χ4n) is 2.01. The van der Waals surface area contributed by atoms with Crippen LogP contribution in [-0.4, -0.2) is 32.6 Å². The Kier molecular flexibility index (Phi) is 5.90. The minimum atomic E-state index is -4.15. The normalized spacial score (nSPS) is 13.2. The van der Waals surface area contributed by atoms with Gasteiger partial charge in [0.15, 0.2) is 11.6 Å². The van der Waals surface area contributed by atoms with Crippen LogP contribution in [0.15, 0.2) is 17.0 Å². The van der Waals surface area contributed by atoms with Crippen molar-refractivity contribution in [1.82, 2.24) is 4.72 Å². The van der Waals surface area contributed by atoms with Crippen molar-refractivity contribution < 1.29 is 27.4 Å². The van der Waals surface area contributed by atoms with Crippen molar-refractivity contribution >= 4 is 16.0 Å². The van der Waals surface area contributed by atoms with E-state index in [0.717, 1.165) is 0 Å². The van der Waals surface area contributed by atoms with E-state index < -0.39 is 27.9 Å². The summed E-state index contributed by atoms with van der Waals surface area (Å²) in [4.78, 5) is 10.9. The third-order valence-corrected chi connectivity index (χ3v) is 4.73. The first-order valence-corrected chi connectivity index (χ1v) is 8.16. The fourth-order valence-corrected chi connectivity index (χ4v) is 3.45. The van der Waals surface area contributed by atoms with Crippen LogP contribution in [0.4, 0.5) is 4.39 Å². The van der Waals surface area contributed by atoms with Crippen molar-refractivity contribution in [2.24, 2.45) is 5.92 Å². The van der Waals surface area contributed by atoms with Crippen molar-refractivity contribution in [3.8, 4) is 5.75 Å². The number of rotatable bonds is 7. The van der Waals surface area contributed by atoms with E-state index in [1.807, 2.05) is 0 Å². The predicted molar refractivity (Wildman–Crippen MR) is 78.9 cm³/mol. The number of nitrogens with one attached hydrogen (secondary N) is 1. The molecule has 8 heteroatoms. The van der Waals surface area contributed by atoms with Crippen molar-refractivity contribution in [3.05, 3.63) is 23.5 Å². The summed E-state index contributed by atoms with van der Waals surface area (Å²) in [6, 6.07) is 1.11. The van der Waals surface area contributed by atoms with Gasteiger partial charge in [0.05, 0.1) is 12.0 Å². The van der Waals surface area contributed by atoms with Crippen LogP contribution in [0.25, 0.3) is 0 Å². The van der Waals surface area contributed by atoms with Crippen LogP contribution in [0, 0.1) is 18.7 Å². The van der Waals surface area contributed by atoms with Gasteiger partial charge in [0, 0.05) is 5.56 Å². The molecule has 0 amide bonds. The highest BCUT2D eigenvalue weighted by molar-refractivity contribution is 7.89. The topological polar surface area (TPSA) is 92.7 Å². The summed E-state index contributed by atoms with van der Waals surface area (Å²) in [5.74, 6) is -2.16. The van der Waals surface area contributed by atoms with Gasteiger partial charge < -0.3 is 9.84 Å². The monoisotopic (exact) mass is 333 g/mol. The first kappa shape index (κ1) is 18.4. The van der Waals surface area contributed by atoms with Crippen LogP contribution in [0.5, 0.6) is 5.75 Å². The number of carboxylic acids is 1. The molecule has 0 spiro atoms. The Morgan fingerprint density at radius 1 is 1.41 bits per heavy atom. The van der Waals surface area contributed by atoms with Crippen LogP contribution in [-0.2, 0) is 14.8 Å². The molecule has 0 aliphatic rings. The summed E-state index contributed by atoms with van der Waals surface area (Å²) in [5, 5.41) is 9.12. The molecule has 0 fully saturated rings. The highest BCUT2D eigenvalue weighted by Crippen LogP contribution is 2.26. The number of methoxy groups -OCH3 is 1. The summed E-state index contributed by atoms with van der Waals surface area (Å²) in [6.45, 7) is 4.86. The molecule has 1 aromatic rings. The van der Waals surface area contributed by atoms with Crippen molar-refractivity contribution in [3.63, 3.8) is 0 Å². The molecule has 1 aromatic carbocycles. The van der Waals surface area contributed by atoms with Gasteiger partial charge >= 0.3 is 5.97 Å². The third-order valence-electron chi connectivity index (χ3n) is 3.11. The van der Waals surface area contributed by atoms with Crippen LogP contribution < -0.4 is 9.46 Å². The Hall–Kier alpha value is -1.67. The maximum atomic E-state index is 14.0. The quantitative estimate of drug-likeness (QED) is 0.795. The van der Waals surface area contributed by atoms with Gasteiger partial charge in [0.25, 0.3) is 0 Å². The number of aliphatic carboxylic acids is 1. The number of benzene rings is 1. The highest BCUT2D eigenvalue weighted by atomic mass is 32.2. The third kappa shape index (κ3) is 4.17. The average molecular weight is 333 g/mol. The summed E-state index contributed by atoms with van der Waals surface area (Å²) in [6.07, 6.45) is 0.131. The van der Waals surface area contributed by atoms with E-state index in [4.69, 9.17) is 9.84 Å². The SMILES string of the molecule is COc1ccc(S(=O)(=O)NC(CC(C)C)C(=O)O)c(C)c1F. The van der Waals surface area contributed by atoms with Crippen LogP contribution in [0.3, 0.4) is 0 Å². The molecule has 0 aliphatic carbocycles. The minimum absolute atomic E-state index is 0.0162. The predicted octanol–water partition coefficient (Wildman–Crippen LogP) is 1.92.